The highest BCUT2D eigenvalue weighted by molar-refractivity contribution is 7.54. The lowest BCUT2D eigenvalue weighted by molar-refractivity contribution is -0.343. The third kappa shape index (κ3) is 10.0. The lowest BCUT2D eigenvalue weighted by Crippen LogP contribution is -2.64. The minimum absolute atomic E-state index is 0.00520. The molecule has 0 N–H and O–H groups in total. The third-order valence-corrected chi connectivity index (χ3v) is 12.0. The smallest absolute Gasteiger partial charge is 0.362 e. The Balaban J connectivity index is 1.68. The van der Waals surface area contributed by atoms with Crippen LogP contribution in [-0.2, 0) is 60.0 Å². The van der Waals surface area contributed by atoms with Crippen LogP contribution in [0.2, 0.25) is 25.7 Å². The van der Waals surface area contributed by atoms with Gasteiger partial charge in [0, 0.05) is 14.7 Å². The van der Waals surface area contributed by atoms with E-state index in [0.717, 1.165) is 17.2 Å². The van der Waals surface area contributed by atoms with Gasteiger partial charge in [-0.15, -0.1) is 0 Å². The molecule has 2 saturated heterocycles. The monoisotopic (exact) mass is 680 g/mol. The molecule has 4 rings (SSSR count). The molecular formula is C34H53O10PSi. The molecule has 46 heavy (non-hydrogen) atoms. The van der Waals surface area contributed by atoms with Crippen molar-refractivity contribution in [1.29, 1.82) is 0 Å². The van der Waals surface area contributed by atoms with Gasteiger partial charge in [-0.3, -0.25) is 4.57 Å². The van der Waals surface area contributed by atoms with Gasteiger partial charge in [-0.2, -0.15) is 0 Å². The summed E-state index contributed by atoms with van der Waals surface area (Å²) in [5.41, 5.74) is 0.594. The first-order valence-electron chi connectivity index (χ1n) is 16.3. The zero-order chi connectivity index (χ0) is 33.3. The quantitative estimate of drug-likeness (QED) is 0.0668. The van der Waals surface area contributed by atoms with E-state index in [-0.39, 0.29) is 33.2 Å². The Bertz CT molecular complexity index is 1220. The summed E-state index contributed by atoms with van der Waals surface area (Å²) in [6, 6.07) is 20.8. The molecule has 0 amide bonds. The molecule has 12 heteroatoms. The first kappa shape index (κ1) is 37.3. The molecule has 0 aromatic heterocycles. The third-order valence-electron chi connectivity index (χ3n) is 7.88. The Kier molecular flexibility index (Phi) is 13.6. The van der Waals surface area contributed by atoms with Crippen molar-refractivity contribution in [3.8, 4) is 0 Å². The van der Waals surface area contributed by atoms with Crippen LogP contribution in [0.15, 0.2) is 60.7 Å². The Morgan fingerprint density at radius 1 is 0.891 bits per heavy atom. The molecule has 0 spiro atoms. The van der Waals surface area contributed by atoms with Crippen molar-refractivity contribution in [2.45, 2.75) is 102 Å². The van der Waals surface area contributed by atoms with Gasteiger partial charge in [-0.1, -0.05) is 80.3 Å². The molecule has 2 heterocycles. The lowest BCUT2D eigenvalue weighted by Gasteiger charge is -2.49. The van der Waals surface area contributed by atoms with Crippen molar-refractivity contribution in [3.63, 3.8) is 0 Å². The van der Waals surface area contributed by atoms with E-state index in [1.54, 1.807) is 13.8 Å². The van der Waals surface area contributed by atoms with Gasteiger partial charge in [0.25, 0.3) is 0 Å². The van der Waals surface area contributed by atoms with E-state index in [9.17, 15) is 4.57 Å². The topological polar surface area (TPSA) is 100 Å². The molecule has 258 valence electrons. The van der Waals surface area contributed by atoms with E-state index in [1.165, 1.54) is 0 Å². The van der Waals surface area contributed by atoms with Crippen molar-refractivity contribution in [3.05, 3.63) is 71.8 Å². The first-order chi connectivity index (χ1) is 21.9. The van der Waals surface area contributed by atoms with Gasteiger partial charge in [-0.05, 0) is 44.9 Å². The first-order valence-corrected chi connectivity index (χ1v) is 21.6. The molecule has 0 aliphatic carbocycles. The molecule has 2 fully saturated rings. The largest absolute Gasteiger partial charge is 0.374 e. The summed E-state index contributed by atoms with van der Waals surface area (Å²) in [5, 5.41) is 0. The van der Waals surface area contributed by atoms with Gasteiger partial charge in [0.05, 0.1) is 39.6 Å². The van der Waals surface area contributed by atoms with Crippen LogP contribution in [0.5, 0.6) is 0 Å². The number of fused-ring (bicyclic) bond motifs is 1. The molecule has 2 aliphatic heterocycles. The van der Waals surface area contributed by atoms with Gasteiger partial charge in [-0.25, -0.2) is 0 Å². The minimum atomic E-state index is -3.98. The highest BCUT2D eigenvalue weighted by Gasteiger charge is 2.69. The molecule has 0 bridgehead atoms. The average Bonchev–Trinajstić information content (AvgIpc) is 3.30. The van der Waals surface area contributed by atoms with E-state index < -0.39 is 51.2 Å². The molecule has 2 aromatic carbocycles. The van der Waals surface area contributed by atoms with E-state index in [4.69, 9.17) is 42.2 Å². The normalized spacial score (nSPS) is 25.3. The van der Waals surface area contributed by atoms with Crippen LogP contribution in [0.3, 0.4) is 0 Å². The molecule has 10 nitrogen and oxygen atoms in total. The Morgan fingerprint density at radius 3 is 2.09 bits per heavy atom. The average molecular weight is 681 g/mol. The SMILES string of the molecule is CCOP(=O)(OCC)C(OCOCC[Si](C)(C)C)[C@]12COC(C)(C)O[C@H]1[C@H](OCc1ccccc1)[C@@H](COCc1ccccc1)O2. The summed E-state index contributed by atoms with van der Waals surface area (Å²) in [4.78, 5) is 0. The van der Waals surface area contributed by atoms with Crippen LogP contribution in [0, 0.1) is 0 Å². The zero-order valence-corrected chi connectivity index (χ0v) is 30.4. The lowest BCUT2D eigenvalue weighted by atomic mass is 9.93. The number of ether oxygens (including phenoxy) is 7. The summed E-state index contributed by atoms with van der Waals surface area (Å²) in [6.45, 7) is 15.6. The maximum absolute atomic E-state index is 14.6. The van der Waals surface area contributed by atoms with E-state index in [0.29, 0.717) is 19.8 Å². The number of hydrogen-bond acceptors (Lipinski definition) is 10. The van der Waals surface area contributed by atoms with Gasteiger partial charge >= 0.3 is 7.60 Å². The Morgan fingerprint density at radius 2 is 1.50 bits per heavy atom. The number of hydrogen-bond donors (Lipinski definition) is 0. The molecular weight excluding hydrogens is 627 g/mol. The standard InChI is InChI=1S/C34H53O10PSi/c1-8-41-45(35,42-9-2)32(39-26-36-20-21-46(5,6)7)34-25-40-33(3,4)44-31(34)30(38-23-28-18-14-11-15-19-28)29(43-34)24-37-22-27-16-12-10-13-17-27/h10-19,29-32H,8-9,20-26H2,1-7H3/t29-,30-,31+,32?,34+/m1/s1. The molecule has 0 saturated carbocycles. The Labute approximate surface area is 275 Å². The minimum Gasteiger partial charge on any atom is -0.374 e. The fraction of sp³-hybridized carbons (Fsp3) is 0.647. The summed E-state index contributed by atoms with van der Waals surface area (Å²) in [7, 11) is -5.32. The molecule has 0 radical (unpaired) electrons. The van der Waals surface area contributed by atoms with Crippen LogP contribution in [0.1, 0.15) is 38.8 Å². The van der Waals surface area contributed by atoms with E-state index in [1.807, 2.05) is 74.5 Å². The van der Waals surface area contributed by atoms with Gasteiger partial charge in [0.15, 0.2) is 17.2 Å². The van der Waals surface area contributed by atoms with Crippen molar-refractivity contribution in [2.75, 3.05) is 39.8 Å². The fourth-order valence-electron chi connectivity index (χ4n) is 5.61. The predicted octanol–water partition coefficient (Wildman–Crippen LogP) is 7.00. The van der Waals surface area contributed by atoms with Crippen molar-refractivity contribution in [1.82, 2.24) is 0 Å². The second kappa shape index (κ2) is 16.8. The van der Waals surface area contributed by atoms with Gasteiger partial charge < -0.3 is 42.2 Å². The molecule has 1 unspecified atom stereocenters. The maximum atomic E-state index is 14.6. The van der Waals surface area contributed by atoms with Crippen LogP contribution in [-0.4, -0.2) is 83.4 Å². The van der Waals surface area contributed by atoms with Crippen LogP contribution in [0.4, 0.5) is 0 Å². The van der Waals surface area contributed by atoms with Crippen LogP contribution < -0.4 is 0 Å². The fourth-order valence-corrected chi connectivity index (χ4v) is 8.49. The molecule has 2 aliphatic rings. The van der Waals surface area contributed by atoms with Crippen LogP contribution in [0.25, 0.3) is 0 Å². The number of rotatable bonds is 19. The van der Waals surface area contributed by atoms with Gasteiger partial charge in [0.2, 0.25) is 0 Å². The molecule has 5 atom stereocenters. The zero-order valence-electron chi connectivity index (χ0n) is 28.5. The van der Waals surface area contributed by atoms with Gasteiger partial charge in [0.1, 0.15) is 25.1 Å². The summed E-state index contributed by atoms with van der Waals surface area (Å²) in [6.07, 6.45) is -2.02. The number of benzene rings is 2. The van der Waals surface area contributed by atoms with Crippen molar-refractivity contribution < 1.29 is 46.8 Å². The van der Waals surface area contributed by atoms with E-state index in [2.05, 4.69) is 19.6 Å². The second-order valence-corrected chi connectivity index (χ2v) is 21.0. The van der Waals surface area contributed by atoms with Crippen LogP contribution >= 0.6 is 7.60 Å². The van der Waals surface area contributed by atoms with Crippen molar-refractivity contribution >= 4 is 15.7 Å². The summed E-state index contributed by atoms with van der Waals surface area (Å²) < 4.78 is 71.3. The maximum Gasteiger partial charge on any atom is 0.362 e. The summed E-state index contributed by atoms with van der Waals surface area (Å²) in [5.74, 6) is -2.22. The summed E-state index contributed by atoms with van der Waals surface area (Å²) >= 11 is 0. The molecule has 2 aromatic rings. The second-order valence-electron chi connectivity index (χ2n) is 13.3. The van der Waals surface area contributed by atoms with Crippen molar-refractivity contribution in [2.24, 2.45) is 0 Å². The Hall–Kier alpha value is -1.47. The highest BCUT2D eigenvalue weighted by atomic mass is 31.2. The highest BCUT2D eigenvalue weighted by Crippen LogP contribution is 2.61. The predicted molar refractivity (Wildman–Crippen MR) is 178 cm³/mol. The van der Waals surface area contributed by atoms with E-state index >= 15 is 0 Å².